The number of fused-ring (bicyclic) bond motifs is 2. The van der Waals surface area contributed by atoms with Gasteiger partial charge in [0.15, 0.2) is 0 Å². The lowest BCUT2D eigenvalue weighted by atomic mass is 9.78. The minimum absolute atomic E-state index is 0.109. The minimum Gasteiger partial charge on any atom is -0.334 e. The molecule has 0 radical (unpaired) electrons. The Kier molecular flexibility index (Phi) is 3.26. The summed E-state index contributed by atoms with van der Waals surface area (Å²) in [5, 5.41) is 3.48. The molecule has 5 rings (SSSR count). The second-order valence-electron chi connectivity index (χ2n) is 6.44. The Morgan fingerprint density at radius 1 is 1.33 bits per heavy atom. The van der Waals surface area contributed by atoms with Crippen LogP contribution in [0.4, 0.5) is 0 Å². The lowest BCUT2D eigenvalue weighted by Gasteiger charge is -2.40. The fraction of sp³-hybridized carbons (Fsp3) is 0.529. The lowest BCUT2D eigenvalue weighted by Crippen LogP contribution is -2.53. The van der Waals surface area contributed by atoms with Gasteiger partial charge in [0, 0.05) is 24.8 Å². The zero-order chi connectivity index (χ0) is 14.2. The molecule has 110 valence electrons. The molecule has 1 saturated carbocycles. The number of nitrogens with zero attached hydrogens (tertiary/aromatic N) is 2. The average Bonchev–Trinajstić information content (AvgIpc) is 3.39. The molecule has 1 saturated heterocycles. The van der Waals surface area contributed by atoms with Crippen molar-refractivity contribution in [2.75, 3.05) is 6.54 Å². The zero-order valence-electron chi connectivity index (χ0n) is 12.1. The number of carbonyl (C=O) groups is 1. The van der Waals surface area contributed by atoms with Gasteiger partial charge in [-0.1, -0.05) is 18.2 Å². The van der Waals surface area contributed by atoms with E-state index >= 15 is 0 Å². The summed E-state index contributed by atoms with van der Waals surface area (Å²) in [6.45, 7) is 1.68. The maximum Gasteiger partial charge on any atom is 0.228 e. The second-order valence-corrected chi connectivity index (χ2v) is 6.44. The van der Waals surface area contributed by atoms with Gasteiger partial charge in [-0.25, -0.2) is 0 Å². The predicted molar refractivity (Wildman–Crippen MR) is 80.3 cm³/mol. The number of nitrogens with one attached hydrogen (secondary N) is 1. The van der Waals surface area contributed by atoms with Gasteiger partial charge in [-0.15, -0.1) is 0 Å². The van der Waals surface area contributed by atoms with E-state index in [1.807, 2.05) is 18.2 Å². The van der Waals surface area contributed by atoms with Crippen LogP contribution >= 0.6 is 0 Å². The molecule has 1 amide bonds. The number of hydrogen-bond acceptors (Lipinski definition) is 3. The van der Waals surface area contributed by atoms with Gasteiger partial charge in [0.2, 0.25) is 5.91 Å². The van der Waals surface area contributed by atoms with Crippen LogP contribution in [0, 0.1) is 11.8 Å². The molecule has 4 heteroatoms. The number of aromatic nitrogens is 1. The Bertz CT molecular complexity index is 552. The molecule has 2 fully saturated rings. The van der Waals surface area contributed by atoms with Crippen molar-refractivity contribution in [3.63, 3.8) is 0 Å². The monoisotopic (exact) mass is 283 g/mol. The molecule has 2 aliphatic carbocycles. The molecule has 0 spiro atoms. The van der Waals surface area contributed by atoms with Crippen molar-refractivity contribution in [1.82, 2.24) is 15.2 Å². The van der Waals surface area contributed by atoms with Crippen LogP contribution < -0.4 is 5.32 Å². The van der Waals surface area contributed by atoms with Crippen LogP contribution in [0.2, 0.25) is 0 Å². The zero-order valence-corrected chi connectivity index (χ0v) is 12.1. The van der Waals surface area contributed by atoms with Gasteiger partial charge in [-0.3, -0.25) is 9.78 Å². The quantitative estimate of drug-likeness (QED) is 0.856. The number of rotatable bonds is 4. The van der Waals surface area contributed by atoms with E-state index in [0.29, 0.717) is 24.4 Å². The Labute approximate surface area is 125 Å². The summed E-state index contributed by atoms with van der Waals surface area (Å²) in [7, 11) is 0. The first-order valence-corrected chi connectivity index (χ1v) is 7.93. The highest BCUT2D eigenvalue weighted by Crippen LogP contribution is 2.34. The number of amides is 1. The van der Waals surface area contributed by atoms with E-state index in [9.17, 15) is 4.79 Å². The van der Waals surface area contributed by atoms with Crippen LogP contribution in [0.1, 0.15) is 25.0 Å². The SMILES string of the molecule is O=C(C1CC2C=CC1NC2)N(Cc1ccccn1)C1CC1. The van der Waals surface area contributed by atoms with E-state index in [4.69, 9.17) is 0 Å². The smallest absolute Gasteiger partial charge is 0.228 e. The average molecular weight is 283 g/mol. The first kappa shape index (κ1) is 13.0. The normalized spacial score (nSPS) is 30.4. The number of hydrogen-bond donors (Lipinski definition) is 1. The molecule has 2 bridgehead atoms. The fourth-order valence-corrected chi connectivity index (χ4v) is 3.52. The molecule has 2 aliphatic heterocycles. The third kappa shape index (κ3) is 2.60. The van der Waals surface area contributed by atoms with Gasteiger partial charge in [-0.05, 0) is 37.3 Å². The molecule has 4 nitrogen and oxygen atoms in total. The van der Waals surface area contributed by atoms with Crippen LogP contribution in [-0.4, -0.2) is 34.4 Å². The lowest BCUT2D eigenvalue weighted by molar-refractivity contribution is -0.138. The number of pyridine rings is 1. The molecule has 3 atom stereocenters. The molecular formula is C17H21N3O. The van der Waals surface area contributed by atoms with Gasteiger partial charge in [0.25, 0.3) is 0 Å². The van der Waals surface area contributed by atoms with Gasteiger partial charge in [0.05, 0.1) is 18.2 Å². The summed E-state index contributed by atoms with van der Waals surface area (Å²) in [6.07, 6.45) is 9.54. The summed E-state index contributed by atoms with van der Waals surface area (Å²) >= 11 is 0. The van der Waals surface area contributed by atoms with E-state index in [-0.39, 0.29) is 12.0 Å². The molecule has 3 heterocycles. The van der Waals surface area contributed by atoms with E-state index in [2.05, 4.69) is 27.4 Å². The summed E-state index contributed by atoms with van der Waals surface area (Å²) in [4.78, 5) is 19.5. The molecule has 4 aliphatic rings. The van der Waals surface area contributed by atoms with Crippen LogP contribution in [0.5, 0.6) is 0 Å². The molecule has 0 aromatic carbocycles. The maximum atomic E-state index is 13.0. The van der Waals surface area contributed by atoms with Crippen molar-refractivity contribution < 1.29 is 4.79 Å². The van der Waals surface area contributed by atoms with Crippen LogP contribution in [0.3, 0.4) is 0 Å². The van der Waals surface area contributed by atoms with Crippen LogP contribution in [0.15, 0.2) is 36.5 Å². The third-order valence-corrected chi connectivity index (χ3v) is 4.84. The first-order chi connectivity index (χ1) is 10.3. The molecule has 1 aromatic rings. The summed E-state index contributed by atoms with van der Waals surface area (Å²) < 4.78 is 0. The molecular weight excluding hydrogens is 262 g/mol. The van der Waals surface area contributed by atoms with E-state index in [0.717, 1.165) is 31.5 Å². The van der Waals surface area contributed by atoms with Gasteiger partial charge < -0.3 is 10.2 Å². The molecule has 21 heavy (non-hydrogen) atoms. The highest BCUT2D eigenvalue weighted by Gasteiger charge is 2.42. The first-order valence-electron chi connectivity index (χ1n) is 7.93. The third-order valence-electron chi connectivity index (χ3n) is 4.84. The summed E-state index contributed by atoms with van der Waals surface area (Å²) in [6, 6.07) is 6.58. The fourth-order valence-electron chi connectivity index (χ4n) is 3.52. The highest BCUT2D eigenvalue weighted by atomic mass is 16.2. The predicted octanol–water partition coefficient (Wildman–Crippen LogP) is 1.74. The Morgan fingerprint density at radius 2 is 2.24 bits per heavy atom. The highest BCUT2D eigenvalue weighted by molar-refractivity contribution is 5.81. The van der Waals surface area contributed by atoms with Crippen molar-refractivity contribution >= 4 is 5.91 Å². The van der Waals surface area contributed by atoms with Crippen LogP contribution in [-0.2, 0) is 11.3 Å². The largest absolute Gasteiger partial charge is 0.334 e. The summed E-state index contributed by atoms with van der Waals surface area (Å²) in [5.74, 6) is 0.951. The summed E-state index contributed by atoms with van der Waals surface area (Å²) in [5.41, 5.74) is 0.988. The Balaban J connectivity index is 1.51. The van der Waals surface area contributed by atoms with E-state index in [1.165, 1.54) is 0 Å². The number of piperidine rings is 1. The molecule has 1 N–H and O–H groups in total. The van der Waals surface area contributed by atoms with Crippen molar-refractivity contribution in [1.29, 1.82) is 0 Å². The number of carbonyl (C=O) groups excluding carboxylic acids is 1. The molecule has 3 unspecified atom stereocenters. The van der Waals surface area contributed by atoms with Gasteiger partial charge in [-0.2, -0.15) is 0 Å². The van der Waals surface area contributed by atoms with Crippen molar-refractivity contribution in [2.45, 2.75) is 37.9 Å². The van der Waals surface area contributed by atoms with Gasteiger partial charge in [0.1, 0.15) is 0 Å². The maximum absolute atomic E-state index is 13.0. The van der Waals surface area contributed by atoms with Crippen molar-refractivity contribution in [2.24, 2.45) is 11.8 Å². The topological polar surface area (TPSA) is 45.2 Å². The van der Waals surface area contributed by atoms with Gasteiger partial charge >= 0.3 is 0 Å². The van der Waals surface area contributed by atoms with Crippen molar-refractivity contribution in [3.8, 4) is 0 Å². The van der Waals surface area contributed by atoms with Crippen molar-refractivity contribution in [3.05, 3.63) is 42.2 Å². The standard InChI is InChI=1S/C17H21N3O/c21-17(15-9-12-4-7-16(15)19-10-12)20(14-5-6-14)11-13-3-1-2-8-18-13/h1-4,7-8,12,14-16,19H,5-6,9-11H2. The second kappa shape index (κ2) is 5.26. The van der Waals surface area contributed by atoms with E-state index in [1.54, 1.807) is 6.20 Å². The van der Waals surface area contributed by atoms with E-state index < -0.39 is 0 Å². The molecule has 1 aromatic heterocycles. The Morgan fingerprint density at radius 3 is 2.81 bits per heavy atom. The van der Waals surface area contributed by atoms with Crippen LogP contribution in [0.25, 0.3) is 0 Å². The Hall–Kier alpha value is -1.68. The minimum atomic E-state index is 0.109.